The van der Waals surface area contributed by atoms with Gasteiger partial charge in [0, 0.05) is 6.42 Å². The Bertz CT molecular complexity index is 851. The van der Waals surface area contributed by atoms with E-state index >= 15 is 0 Å². The monoisotopic (exact) mass is 786 g/mol. The summed E-state index contributed by atoms with van der Waals surface area (Å²) < 4.78 is 0. The molecule has 0 spiro atoms. The van der Waals surface area contributed by atoms with Gasteiger partial charge < -0.3 is 15.5 Å². The predicted molar refractivity (Wildman–Crippen MR) is 248 cm³/mol. The van der Waals surface area contributed by atoms with Gasteiger partial charge in [-0.05, 0) is 57.8 Å². The quantitative estimate of drug-likeness (QED) is 0.0425. The lowest BCUT2D eigenvalue weighted by Gasteiger charge is -2.19. The van der Waals surface area contributed by atoms with Crippen molar-refractivity contribution in [2.45, 2.75) is 283 Å². The SMILES string of the molecule is CCCCCCCCCCCCC/C=C/CC/C=C/C(O)C(CO)NC(=O)CCCCCCCCCCCCC/C=C\CCCCCCCCCCCCCC. The van der Waals surface area contributed by atoms with E-state index in [0.717, 1.165) is 32.1 Å². The first-order chi connectivity index (χ1) is 27.7. The summed E-state index contributed by atoms with van der Waals surface area (Å²) in [6, 6.07) is -0.638. The molecule has 0 saturated carbocycles. The summed E-state index contributed by atoms with van der Waals surface area (Å²) in [5.41, 5.74) is 0. The predicted octanol–water partition coefficient (Wildman–Crippen LogP) is 16.1. The third kappa shape index (κ3) is 43.7. The van der Waals surface area contributed by atoms with Gasteiger partial charge in [0.1, 0.15) is 0 Å². The zero-order valence-corrected chi connectivity index (χ0v) is 37.9. The highest BCUT2D eigenvalue weighted by Crippen LogP contribution is 2.16. The van der Waals surface area contributed by atoms with Gasteiger partial charge >= 0.3 is 0 Å². The van der Waals surface area contributed by atoms with E-state index in [-0.39, 0.29) is 12.5 Å². The molecule has 4 heteroatoms. The van der Waals surface area contributed by atoms with E-state index in [4.69, 9.17) is 0 Å². The number of nitrogens with one attached hydrogen (secondary N) is 1. The van der Waals surface area contributed by atoms with Crippen LogP contribution < -0.4 is 5.32 Å². The van der Waals surface area contributed by atoms with Gasteiger partial charge in [-0.1, -0.05) is 243 Å². The maximum atomic E-state index is 12.4. The largest absolute Gasteiger partial charge is 0.394 e. The number of amides is 1. The molecular formula is C52H99NO3. The standard InChI is InChI=1S/C52H99NO3/c1-3-5-7-9-11-13-15-17-19-21-22-23-24-25-26-27-28-29-30-32-34-36-38-40-42-44-46-48-52(56)53-50(49-54)51(55)47-45-43-41-39-37-35-33-31-20-18-16-14-12-10-8-6-4-2/h25-26,37,39,45,47,50-51,54-55H,3-24,27-36,38,40-44,46,48-49H2,1-2H3,(H,53,56)/b26-25-,39-37+,47-45+. The van der Waals surface area contributed by atoms with Crippen molar-refractivity contribution in [2.75, 3.05) is 6.61 Å². The molecule has 56 heavy (non-hydrogen) atoms. The molecule has 3 N–H and O–H groups in total. The smallest absolute Gasteiger partial charge is 0.220 e. The van der Waals surface area contributed by atoms with Crippen LogP contribution in [0.5, 0.6) is 0 Å². The Morgan fingerprint density at radius 2 is 0.696 bits per heavy atom. The van der Waals surface area contributed by atoms with Gasteiger partial charge in [-0.2, -0.15) is 0 Å². The fraction of sp³-hybridized carbons (Fsp3) is 0.865. The fourth-order valence-electron chi connectivity index (χ4n) is 7.72. The van der Waals surface area contributed by atoms with Crippen LogP contribution in [0.2, 0.25) is 0 Å². The molecule has 0 radical (unpaired) electrons. The summed E-state index contributed by atoms with van der Waals surface area (Å²) in [6.07, 6.45) is 64.3. The maximum absolute atomic E-state index is 12.4. The van der Waals surface area contributed by atoms with Gasteiger partial charge in [-0.15, -0.1) is 0 Å². The molecule has 330 valence electrons. The van der Waals surface area contributed by atoms with Crippen molar-refractivity contribution in [3.05, 3.63) is 36.5 Å². The summed E-state index contributed by atoms with van der Waals surface area (Å²) in [5.74, 6) is -0.0723. The van der Waals surface area contributed by atoms with E-state index in [2.05, 4.69) is 43.5 Å². The average Bonchev–Trinajstić information content (AvgIpc) is 3.20. The minimum Gasteiger partial charge on any atom is -0.394 e. The Morgan fingerprint density at radius 3 is 1.04 bits per heavy atom. The van der Waals surface area contributed by atoms with E-state index in [0.29, 0.717) is 6.42 Å². The van der Waals surface area contributed by atoms with Crippen molar-refractivity contribution in [1.29, 1.82) is 0 Å². The number of unbranched alkanes of at least 4 members (excludes halogenated alkanes) is 35. The zero-order chi connectivity index (χ0) is 40.7. The summed E-state index contributed by atoms with van der Waals surface area (Å²) in [7, 11) is 0. The molecule has 0 fully saturated rings. The molecular weight excluding hydrogens is 687 g/mol. The molecule has 0 aromatic heterocycles. The van der Waals surface area contributed by atoms with Gasteiger partial charge in [0.25, 0.3) is 0 Å². The minimum atomic E-state index is -0.861. The lowest BCUT2D eigenvalue weighted by molar-refractivity contribution is -0.123. The fourth-order valence-corrected chi connectivity index (χ4v) is 7.72. The summed E-state index contributed by atoms with van der Waals surface area (Å²) in [5, 5.41) is 23.1. The molecule has 0 aliphatic carbocycles. The minimum absolute atomic E-state index is 0.0723. The van der Waals surface area contributed by atoms with Crippen LogP contribution in [-0.4, -0.2) is 34.9 Å². The van der Waals surface area contributed by atoms with Crippen LogP contribution in [-0.2, 0) is 4.79 Å². The van der Waals surface area contributed by atoms with Crippen molar-refractivity contribution in [3.8, 4) is 0 Å². The van der Waals surface area contributed by atoms with E-state index in [1.54, 1.807) is 6.08 Å². The molecule has 0 rings (SSSR count). The average molecular weight is 786 g/mol. The number of aliphatic hydroxyl groups is 2. The first kappa shape index (κ1) is 54.6. The number of carbonyl (C=O) groups is 1. The molecule has 2 unspecified atom stereocenters. The number of hydrogen-bond acceptors (Lipinski definition) is 3. The van der Waals surface area contributed by atoms with Crippen molar-refractivity contribution >= 4 is 5.91 Å². The number of hydrogen-bond donors (Lipinski definition) is 3. The van der Waals surface area contributed by atoms with E-state index in [1.807, 2.05) is 6.08 Å². The van der Waals surface area contributed by atoms with E-state index in [1.165, 1.54) is 218 Å². The normalized spacial score (nSPS) is 13.1. The molecule has 0 aromatic rings. The van der Waals surface area contributed by atoms with Gasteiger partial charge in [0.15, 0.2) is 0 Å². The highest BCUT2D eigenvalue weighted by atomic mass is 16.3. The molecule has 4 nitrogen and oxygen atoms in total. The third-order valence-electron chi connectivity index (χ3n) is 11.6. The van der Waals surface area contributed by atoms with Gasteiger partial charge in [-0.25, -0.2) is 0 Å². The van der Waals surface area contributed by atoms with Gasteiger partial charge in [0.05, 0.1) is 18.8 Å². The number of aliphatic hydroxyl groups excluding tert-OH is 2. The Labute approximate surface area is 351 Å². The van der Waals surface area contributed by atoms with Crippen molar-refractivity contribution in [2.24, 2.45) is 0 Å². The van der Waals surface area contributed by atoms with Crippen molar-refractivity contribution < 1.29 is 15.0 Å². The van der Waals surface area contributed by atoms with E-state index in [9.17, 15) is 15.0 Å². The van der Waals surface area contributed by atoms with Gasteiger partial charge in [-0.3, -0.25) is 4.79 Å². The first-order valence-corrected chi connectivity index (χ1v) is 25.2. The Kier molecular flexibility index (Phi) is 46.8. The second kappa shape index (κ2) is 48.0. The molecule has 2 atom stereocenters. The topological polar surface area (TPSA) is 69.6 Å². The number of allylic oxidation sites excluding steroid dienone is 5. The number of carbonyl (C=O) groups excluding carboxylic acids is 1. The van der Waals surface area contributed by atoms with Crippen LogP contribution in [0.3, 0.4) is 0 Å². The summed E-state index contributed by atoms with van der Waals surface area (Å²) in [6.45, 7) is 4.32. The zero-order valence-electron chi connectivity index (χ0n) is 37.9. The van der Waals surface area contributed by atoms with Gasteiger partial charge in [0.2, 0.25) is 5.91 Å². The Hall–Kier alpha value is -1.39. The molecule has 0 heterocycles. The van der Waals surface area contributed by atoms with Crippen molar-refractivity contribution in [3.63, 3.8) is 0 Å². The Balaban J connectivity index is 3.52. The van der Waals surface area contributed by atoms with Crippen LogP contribution in [0, 0.1) is 0 Å². The second-order valence-electron chi connectivity index (χ2n) is 17.2. The molecule has 0 aliphatic rings. The molecule has 1 amide bonds. The first-order valence-electron chi connectivity index (χ1n) is 25.2. The third-order valence-corrected chi connectivity index (χ3v) is 11.6. The lowest BCUT2D eigenvalue weighted by Crippen LogP contribution is -2.45. The van der Waals surface area contributed by atoms with Crippen LogP contribution in [0.1, 0.15) is 271 Å². The summed E-state index contributed by atoms with van der Waals surface area (Å²) in [4.78, 5) is 12.4. The van der Waals surface area contributed by atoms with Crippen LogP contribution in [0.25, 0.3) is 0 Å². The Morgan fingerprint density at radius 1 is 0.411 bits per heavy atom. The second-order valence-corrected chi connectivity index (χ2v) is 17.2. The van der Waals surface area contributed by atoms with Crippen LogP contribution in [0.15, 0.2) is 36.5 Å². The van der Waals surface area contributed by atoms with Crippen molar-refractivity contribution in [1.82, 2.24) is 5.32 Å². The van der Waals surface area contributed by atoms with E-state index < -0.39 is 12.1 Å². The molecule has 0 bridgehead atoms. The highest BCUT2D eigenvalue weighted by Gasteiger charge is 2.17. The molecule has 0 aliphatic heterocycles. The highest BCUT2D eigenvalue weighted by molar-refractivity contribution is 5.76. The molecule has 0 saturated heterocycles. The van der Waals surface area contributed by atoms with Crippen LogP contribution >= 0.6 is 0 Å². The lowest BCUT2D eigenvalue weighted by atomic mass is 10.0. The van der Waals surface area contributed by atoms with Crippen LogP contribution in [0.4, 0.5) is 0 Å². The number of rotatable bonds is 46. The summed E-state index contributed by atoms with van der Waals surface area (Å²) >= 11 is 0. The maximum Gasteiger partial charge on any atom is 0.220 e. The molecule has 0 aromatic carbocycles.